The van der Waals surface area contributed by atoms with Crippen molar-refractivity contribution in [1.82, 2.24) is 20.0 Å². The van der Waals surface area contributed by atoms with Crippen LogP contribution in [-0.4, -0.2) is 46.8 Å². The Hall–Kier alpha value is -1.36. The van der Waals surface area contributed by atoms with Gasteiger partial charge in [0.2, 0.25) is 5.91 Å². The van der Waals surface area contributed by atoms with Crippen LogP contribution in [0.1, 0.15) is 12.5 Å². The Morgan fingerprint density at radius 3 is 3.00 bits per heavy atom. The second-order valence-electron chi connectivity index (χ2n) is 4.73. The van der Waals surface area contributed by atoms with E-state index in [0.717, 1.165) is 26.2 Å². The number of nitrogens with zero attached hydrogens (tertiary/aromatic N) is 3. The average Bonchev–Trinajstić information content (AvgIpc) is 2.82. The first-order valence-electron chi connectivity index (χ1n) is 5.79. The number of carbonyl (C=O) groups is 1. The van der Waals surface area contributed by atoms with Crippen molar-refractivity contribution in [1.29, 1.82) is 0 Å². The van der Waals surface area contributed by atoms with Gasteiger partial charge >= 0.3 is 0 Å². The minimum atomic E-state index is 0.203. The molecule has 5 heteroatoms. The minimum absolute atomic E-state index is 0.203. The highest BCUT2D eigenvalue weighted by molar-refractivity contribution is 5.78. The van der Waals surface area contributed by atoms with Crippen LogP contribution in [0, 0.1) is 5.92 Å². The molecule has 1 unspecified atom stereocenters. The van der Waals surface area contributed by atoms with E-state index >= 15 is 0 Å². The maximum atomic E-state index is 11.0. The largest absolute Gasteiger partial charge is 0.356 e. The first-order valence-corrected chi connectivity index (χ1v) is 5.79. The molecule has 0 spiro atoms. The van der Waals surface area contributed by atoms with Crippen LogP contribution in [0.2, 0.25) is 0 Å². The predicted molar refractivity (Wildman–Crippen MR) is 58.8 cm³/mol. The second-order valence-corrected chi connectivity index (χ2v) is 4.73. The molecule has 1 amide bonds. The maximum absolute atomic E-state index is 11.0. The van der Waals surface area contributed by atoms with E-state index in [4.69, 9.17) is 0 Å². The molecular formula is C11H16N4O. The number of rotatable bonds is 3. The lowest BCUT2D eigenvalue weighted by Crippen LogP contribution is -2.49. The number of amides is 1. The molecule has 1 N–H and O–H groups in total. The Labute approximate surface area is 94.4 Å². The molecule has 0 aromatic carbocycles. The summed E-state index contributed by atoms with van der Waals surface area (Å²) in [6.45, 7) is 4.01. The molecular weight excluding hydrogens is 204 g/mol. The summed E-state index contributed by atoms with van der Waals surface area (Å²) in [7, 11) is 0. The predicted octanol–water partition coefficient (Wildman–Crippen LogP) is -0.124. The van der Waals surface area contributed by atoms with Crippen LogP contribution in [0.25, 0.3) is 0 Å². The fourth-order valence-electron chi connectivity index (χ4n) is 2.51. The lowest BCUT2D eigenvalue weighted by Gasteiger charge is -2.40. The summed E-state index contributed by atoms with van der Waals surface area (Å²) in [5.41, 5.74) is 0. The van der Waals surface area contributed by atoms with Crippen LogP contribution >= 0.6 is 0 Å². The van der Waals surface area contributed by atoms with Crippen molar-refractivity contribution >= 4 is 5.91 Å². The molecule has 5 nitrogen and oxygen atoms in total. The first kappa shape index (κ1) is 9.84. The standard InChI is InChI=1S/C11H16N4O/c16-11-4-9(5-12-11)6-14-7-10(8-14)15-3-1-2-13-15/h1-3,9-10H,4-8H2,(H,12,16). The van der Waals surface area contributed by atoms with Gasteiger partial charge < -0.3 is 5.32 Å². The molecule has 2 aliphatic heterocycles. The molecule has 1 aromatic rings. The zero-order chi connectivity index (χ0) is 11.0. The van der Waals surface area contributed by atoms with Crippen molar-refractivity contribution < 1.29 is 4.79 Å². The quantitative estimate of drug-likeness (QED) is 0.772. The third-order valence-corrected chi connectivity index (χ3v) is 3.42. The molecule has 86 valence electrons. The van der Waals surface area contributed by atoms with Crippen LogP contribution in [0.5, 0.6) is 0 Å². The topological polar surface area (TPSA) is 50.2 Å². The van der Waals surface area contributed by atoms with Crippen molar-refractivity contribution in [2.24, 2.45) is 5.92 Å². The molecule has 2 aliphatic rings. The fourth-order valence-corrected chi connectivity index (χ4v) is 2.51. The van der Waals surface area contributed by atoms with Gasteiger partial charge in [-0.25, -0.2) is 0 Å². The SMILES string of the molecule is O=C1CC(CN2CC(n3cccn3)C2)CN1. The summed E-state index contributed by atoms with van der Waals surface area (Å²) in [6.07, 6.45) is 4.54. The normalized spacial score (nSPS) is 26.8. The Morgan fingerprint density at radius 1 is 1.50 bits per heavy atom. The molecule has 0 bridgehead atoms. The lowest BCUT2D eigenvalue weighted by atomic mass is 10.0. The van der Waals surface area contributed by atoms with E-state index in [1.807, 2.05) is 23.1 Å². The number of nitrogens with one attached hydrogen (secondary N) is 1. The molecule has 0 radical (unpaired) electrons. The number of aromatic nitrogens is 2. The van der Waals surface area contributed by atoms with Gasteiger partial charge in [0.1, 0.15) is 0 Å². The highest BCUT2D eigenvalue weighted by atomic mass is 16.1. The number of hydrogen-bond acceptors (Lipinski definition) is 3. The maximum Gasteiger partial charge on any atom is 0.220 e. The van der Waals surface area contributed by atoms with Gasteiger partial charge in [0, 0.05) is 45.0 Å². The summed E-state index contributed by atoms with van der Waals surface area (Å²) >= 11 is 0. The average molecular weight is 220 g/mol. The van der Waals surface area contributed by atoms with Gasteiger partial charge in [-0.2, -0.15) is 5.10 Å². The van der Waals surface area contributed by atoms with Crippen molar-refractivity contribution in [2.45, 2.75) is 12.5 Å². The Kier molecular flexibility index (Phi) is 2.40. The monoisotopic (exact) mass is 220 g/mol. The van der Waals surface area contributed by atoms with E-state index < -0.39 is 0 Å². The summed E-state index contributed by atoms with van der Waals surface area (Å²) in [4.78, 5) is 13.4. The van der Waals surface area contributed by atoms with Crippen LogP contribution in [0.4, 0.5) is 0 Å². The number of likely N-dealkylation sites (tertiary alicyclic amines) is 1. The van der Waals surface area contributed by atoms with Crippen molar-refractivity contribution in [3.8, 4) is 0 Å². The van der Waals surface area contributed by atoms with Crippen molar-refractivity contribution in [3.05, 3.63) is 18.5 Å². The van der Waals surface area contributed by atoms with Crippen LogP contribution in [0.3, 0.4) is 0 Å². The highest BCUT2D eigenvalue weighted by Gasteiger charge is 2.32. The van der Waals surface area contributed by atoms with Gasteiger partial charge in [-0.3, -0.25) is 14.4 Å². The van der Waals surface area contributed by atoms with E-state index in [1.165, 1.54) is 0 Å². The lowest BCUT2D eigenvalue weighted by molar-refractivity contribution is -0.119. The minimum Gasteiger partial charge on any atom is -0.356 e. The van der Waals surface area contributed by atoms with Gasteiger partial charge in [-0.1, -0.05) is 0 Å². The molecule has 16 heavy (non-hydrogen) atoms. The van der Waals surface area contributed by atoms with Gasteiger partial charge in [0.05, 0.1) is 6.04 Å². The summed E-state index contributed by atoms with van der Waals surface area (Å²) in [6, 6.07) is 2.49. The van der Waals surface area contributed by atoms with Gasteiger partial charge in [0.15, 0.2) is 0 Å². The summed E-state index contributed by atoms with van der Waals surface area (Å²) in [5.74, 6) is 0.709. The Morgan fingerprint density at radius 2 is 2.38 bits per heavy atom. The van der Waals surface area contributed by atoms with Crippen LogP contribution in [0.15, 0.2) is 18.5 Å². The second kappa shape index (κ2) is 3.90. The van der Waals surface area contributed by atoms with Crippen molar-refractivity contribution in [2.75, 3.05) is 26.2 Å². The molecule has 0 saturated carbocycles. The number of hydrogen-bond donors (Lipinski definition) is 1. The molecule has 2 fully saturated rings. The Bertz CT molecular complexity index is 369. The third kappa shape index (κ3) is 1.82. The molecule has 3 rings (SSSR count). The molecule has 1 aromatic heterocycles. The molecule has 0 aliphatic carbocycles. The Balaban J connectivity index is 1.46. The van der Waals surface area contributed by atoms with Gasteiger partial charge in [-0.15, -0.1) is 0 Å². The van der Waals surface area contributed by atoms with Gasteiger partial charge in [-0.05, 0) is 12.0 Å². The molecule has 3 heterocycles. The smallest absolute Gasteiger partial charge is 0.220 e. The van der Waals surface area contributed by atoms with E-state index in [2.05, 4.69) is 15.3 Å². The fraction of sp³-hybridized carbons (Fsp3) is 0.636. The highest BCUT2D eigenvalue weighted by Crippen LogP contribution is 2.22. The third-order valence-electron chi connectivity index (χ3n) is 3.42. The van der Waals surface area contributed by atoms with Gasteiger partial charge in [0.25, 0.3) is 0 Å². The number of carbonyl (C=O) groups excluding carboxylic acids is 1. The zero-order valence-electron chi connectivity index (χ0n) is 9.17. The molecule has 1 atom stereocenters. The van der Waals surface area contributed by atoms with Crippen LogP contribution < -0.4 is 5.32 Å². The van der Waals surface area contributed by atoms with Crippen LogP contribution in [-0.2, 0) is 4.79 Å². The zero-order valence-corrected chi connectivity index (χ0v) is 9.17. The van der Waals surface area contributed by atoms with E-state index in [1.54, 1.807) is 0 Å². The molecule has 2 saturated heterocycles. The van der Waals surface area contributed by atoms with Crippen molar-refractivity contribution in [3.63, 3.8) is 0 Å². The van der Waals surface area contributed by atoms with E-state index in [-0.39, 0.29) is 5.91 Å². The van der Waals surface area contributed by atoms with E-state index in [0.29, 0.717) is 18.4 Å². The summed E-state index contributed by atoms with van der Waals surface area (Å²) in [5, 5.41) is 7.12. The van der Waals surface area contributed by atoms with E-state index in [9.17, 15) is 4.79 Å². The summed E-state index contributed by atoms with van der Waals surface area (Å²) < 4.78 is 2.02. The first-order chi connectivity index (χ1) is 7.81.